The summed E-state index contributed by atoms with van der Waals surface area (Å²) in [4.78, 5) is 1.40. The van der Waals surface area contributed by atoms with Gasteiger partial charge in [-0.05, 0) is 30.5 Å². The Bertz CT molecular complexity index is 526. The van der Waals surface area contributed by atoms with Crippen molar-refractivity contribution in [2.45, 2.75) is 48.4 Å². The third-order valence-electron chi connectivity index (χ3n) is 4.14. The van der Waals surface area contributed by atoms with Gasteiger partial charge in [0.15, 0.2) is 0 Å². The van der Waals surface area contributed by atoms with Gasteiger partial charge in [-0.1, -0.05) is 61.4 Å². The van der Waals surface area contributed by atoms with E-state index in [1.807, 2.05) is 11.8 Å². The summed E-state index contributed by atoms with van der Waals surface area (Å²) in [6.45, 7) is 0.983. The smallest absolute Gasteiger partial charge is 0.0248 e. The lowest BCUT2D eigenvalue weighted by atomic mass is 9.94. The minimum atomic E-state index is 0.629. The summed E-state index contributed by atoms with van der Waals surface area (Å²) in [5, 5.41) is 4.49. The Hall–Kier alpha value is -1.25. The summed E-state index contributed by atoms with van der Waals surface area (Å²) in [6.07, 6.45) is 5.36. The van der Waals surface area contributed by atoms with Crippen LogP contribution in [-0.4, -0.2) is 11.3 Å². The predicted molar refractivity (Wildman–Crippen MR) is 91.6 cm³/mol. The number of nitrogens with one attached hydrogen (secondary N) is 1. The maximum Gasteiger partial charge on any atom is 0.0248 e. The van der Waals surface area contributed by atoms with Gasteiger partial charge >= 0.3 is 0 Å². The van der Waals surface area contributed by atoms with Crippen LogP contribution in [0.1, 0.15) is 31.2 Å². The van der Waals surface area contributed by atoms with E-state index < -0.39 is 0 Å². The summed E-state index contributed by atoms with van der Waals surface area (Å²) in [7, 11) is 0. The van der Waals surface area contributed by atoms with Crippen molar-refractivity contribution in [2.75, 3.05) is 0 Å². The molecule has 0 unspecified atom stereocenters. The van der Waals surface area contributed by atoms with Gasteiger partial charge in [-0.25, -0.2) is 0 Å². The Kier molecular flexibility index (Phi) is 5.36. The van der Waals surface area contributed by atoms with E-state index in [4.69, 9.17) is 0 Å². The maximum absolute atomic E-state index is 3.79. The first-order valence-electron chi connectivity index (χ1n) is 7.91. The Morgan fingerprint density at radius 2 is 1.52 bits per heavy atom. The first kappa shape index (κ1) is 14.7. The van der Waals surface area contributed by atoms with Crippen LogP contribution in [0, 0.1) is 0 Å². The highest BCUT2D eigenvalue weighted by atomic mass is 32.2. The van der Waals surface area contributed by atoms with Crippen LogP contribution in [0.4, 0.5) is 0 Å². The van der Waals surface area contributed by atoms with Crippen molar-refractivity contribution in [1.29, 1.82) is 0 Å². The molecule has 1 saturated carbocycles. The molecule has 21 heavy (non-hydrogen) atoms. The molecule has 3 rings (SSSR count). The Balaban J connectivity index is 1.59. The molecule has 1 nitrogen and oxygen atoms in total. The van der Waals surface area contributed by atoms with Crippen LogP contribution in [0.2, 0.25) is 0 Å². The third-order valence-corrected chi connectivity index (χ3v) is 5.56. The normalized spacial score (nSPS) is 22.1. The molecule has 0 radical (unpaired) electrons. The van der Waals surface area contributed by atoms with E-state index in [9.17, 15) is 0 Å². The van der Waals surface area contributed by atoms with Crippen LogP contribution in [0.3, 0.4) is 0 Å². The summed E-state index contributed by atoms with van der Waals surface area (Å²) in [5.41, 5.74) is 1.38. The van der Waals surface area contributed by atoms with Crippen molar-refractivity contribution in [3.8, 4) is 0 Å². The molecule has 0 aromatic heterocycles. The topological polar surface area (TPSA) is 12.0 Å². The van der Waals surface area contributed by atoms with E-state index in [1.165, 1.54) is 36.1 Å². The van der Waals surface area contributed by atoms with Crippen molar-refractivity contribution in [2.24, 2.45) is 0 Å². The molecule has 2 aromatic rings. The zero-order valence-electron chi connectivity index (χ0n) is 12.4. The number of hydrogen-bond donors (Lipinski definition) is 1. The molecular formula is C19H23NS. The van der Waals surface area contributed by atoms with Gasteiger partial charge in [-0.2, -0.15) is 0 Å². The van der Waals surface area contributed by atoms with E-state index in [0.717, 1.165) is 6.54 Å². The second-order valence-corrected chi connectivity index (χ2v) is 7.04. The fraction of sp³-hybridized carbons (Fsp3) is 0.368. The van der Waals surface area contributed by atoms with E-state index in [1.54, 1.807) is 0 Å². The van der Waals surface area contributed by atoms with Gasteiger partial charge in [0, 0.05) is 22.7 Å². The molecule has 0 aliphatic heterocycles. The number of hydrogen-bond acceptors (Lipinski definition) is 2. The number of thioether (sulfide) groups is 1. The van der Waals surface area contributed by atoms with E-state index in [-0.39, 0.29) is 0 Å². The van der Waals surface area contributed by atoms with Crippen molar-refractivity contribution in [1.82, 2.24) is 5.32 Å². The monoisotopic (exact) mass is 297 g/mol. The van der Waals surface area contributed by atoms with Crippen LogP contribution >= 0.6 is 11.8 Å². The standard InChI is InChI=1S/C19H23NS/c1-3-9-16(10-4-1)15-20-18-13-7-8-14-19(18)21-17-11-5-2-6-12-17/h1-6,9-12,18-20H,7-8,13-15H2/t18-,19-/m0/s1. The summed E-state index contributed by atoms with van der Waals surface area (Å²) in [6, 6.07) is 22.2. The average molecular weight is 297 g/mol. The van der Waals surface area contributed by atoms with Gasteiger partial charge in [0.05, 0.1) is 0 Å². The molecule has 2 heteroatoms. The van der Waals surface area contributed by atoms with Crippen molar-refractivity contribution in [3.05, 3.63) is 66.2 Å². The minimum absolute atomic E-state index is 0.629. The molecule has 1 aliphatic rings. The molecule has 1 aliphatic carbocycles. The molecule has 1 N–H and O–H groups in total. The zero-order valence-corrected chi connectivity index (χ0v) is 13.2. The van der Waals surface area contributed by atoms with Crippen LogP contribution in [0.5, 0.6) is 0 Å². The van der Waals surface area contributed by atoms with Crippen molar-refractivity contribution >= 4 is 11.8 Å². The van der Waals surface area contributed by atoms with Gasteiger partial charge in [0.2, 0.25) is 0 Å². The largest absolute Gasteiger partial charge is 0.309 e. The molecule has 2 aromatic carbocycles. The second kappa shape index (κ2) is 7.67. The molecule has 2 atom stereocenters. The lowest BCUT2D eigenvalue weighted by Gasteiger charge is -2.32. The van der Waals surface area contributed by atoms with Gasteiger partial charge < -0.3 is 5.32 Å². The summed E-state index contributed by atoms with van der Waals surface area (Å²) >= 11 is 2.05. The zero-order chi connectivity index (χ0) is 14.3. The van der Waals surface area contributed by atoms with E-state index in [0.29, 0.717) is 11.3 Å². The number of benzene rings is 2. The lowest BCUT2D eigenvalue weighted by Crippen LogP contribution is -2.40. The Morgan fingerprint density at radius 1 is 0.857 bits per heavy atom. The van der Waals surface area contributed by atoms with Crippen LogP contribution in [-0.2, 0) is 6.54 Å². The van der Waals surface area contributed by atoms with E-state index in [2.05, 4.69) is 66.0 Å². The quantitative estimate of drug-likeness (QED) is 0.844. The summed E-state index contributed by atoms with van der Waals surface area (Å²) < 4.78 is 0. The number of rotatable bonds is 5. The Labute approximate surface area is 132 Å². The Morgan fingerprint density at radius 3 is 2.29 bits per heavy atom. The molecule has 0 bridgehead atoms. The molecular weight excluding hydrogens is 274 g/mol. The third kappa shape index (κ3) is 4.36. The predicted octanol–water partition coefficient (Wildman–Crippen LogP) is 4.88. The lowest BCUT2D eigenvalue weighted by molar-refractivity contribution is 0.383. The second-order valence-electron chi connectivity index (χ2n) is 5.73. The van der Waals surface area contributed by atoms with Gasteiger partial charge in [-0.3, -0.25) is 0 Å². The van der Waals surface area contributed by atoms with Gasteiger partial charge in [0.25, 0.3) is 0 Å². The minimum Gasteiger partial charge on any atom is -0.309 e. The molecule has 0 spiro atoms. The summed E-state index contributed by atoms with van der Waals surface area (Å²) in [5.74, 6) is 0. The first-order chi connectivity index (χ1) is 10.4. The molecule has 110 valence electrons. The SMILES string of the molecule is c1ccc(CN[C@H]2CCCC[C@@H]2Sc2ccccc2)cc1. The average Bonchev–Trinajstić information content (AvgIpc) is 2.56. The highest BCUT2D eigenvalue weighted by Crippen LogP contribution is 2.33. The van der Waals surface area contributed by atoms with Crippen LogP contribution in [0.15, 0.2) is 65.6 Å². The van der Waals surface area contributed by atoms with Crippen molar-refractivity contribution in [3.63, 3.8) is 0 Å². The fourth-order valence-electron chi connectivity index (χ4n) is 2.99. The van der Waals surface area contributed by atoms with Gasteiger partial charge in [-0.15, -0.1) is 11.8 Å². The fourth-order valence-corrected chi connectivity index (χ4v) is 4.34. The highest BCUT2D eigenvalue weighted by Gasteiger charge is 2.25. The molecule has 0 saturated heterocycles. The van der Waals surface area contributed by atoms with Gasteiger partial charge in [0.1, 0.15) is 0 Å². The highest BCUT2D eigenvalue weighted by molar-refractivity contribution is 8.00. The maximum atomic E-state index is 3.79. The first-order valence-corrected chi connectivity index (χ1v) is 8.79. The van der Waals surface area contributed by atoms with Crippen LogP contribution < -0.4 is 5.32 Å². The molecule has 0 heterocycles. The molecule has 1 fully saturated rings. The van der Waals surface area contributed by atoms with Crippen LogP contribution in [0.25, 0.3) is 0 Å². The van der Waals surface area contributed by atoms with E-state index >= 15 is 0 Å². The molecule has 0 amide bonds. The van der Waals surface area contributed by atoms with Crippen molar-refractivity contribution < 1.29 is 0 Å².